The molecule has 0 aliphatic carbocycles. The lowest BCUT2D eigenvalue weighted by Gasteiger charge is -2.35. The molecule has 1 aliphatic heterocycles. The van der Waals surface area contributed by atoms with Gasteiger partial charge in [-0.3, -0.25) is 0 Å². The molecule has 2 N–H and O–H groups in total. The maximum Gasteiger partial charge on any atom is 0.410 e. The quantitative estimate of drug-likeness (QED) is 0.802. The van der Waals surface area contributed by atoms with Crippen molar-refractivity contribution < 1.29 is 9.53 Å². The molecule has 1 rings (SSSR count). The average molecular weight is 228 g/mol. The van der Waals surface area contributed by atoms with Crippen LogP contribution in [-0.4, -0.2) is 36.2 Å². The highest BCUT2D eigenvalue weighted by molar-refractivity contribution is 5.68. The second-order valence-electron chi connectivity index (χ2n) is 4.52. The Balaban J connectivity index is 2.50. The van der Waals surface area contributed by atoms with E-state index in [-0.39, 0.29) is 18.2 Å². The van der Waals surface area contributed by atoms with Gasteiger partial charge in [0.05, 0.1) is 0 Å². The van der Waals surface area contributed by atoms with E-state index in [0.29, 0.717) is 6.54 Å². The van der Waals surface area contributed by atoms with E-state index in [9.17, 15) is 4.79 Å². The van der Waals surface area contributed by atoms with Gasteiger partial charge in [0, 0.05) is 12.6 Å². The summed E-state index contributed by atoms with van der Waals surface area (Å²) < 4.78 is 5.36. The van der Waals surface area contributed by atoms with E-state index >= 15 is 0 Å². The number of rotatable bonds is 4. The van der Waals surface area contributed by atoms with Crippen LogP contribution in [0.5, 0.6) is 0 Å². The molecule has 2 atom stereocenters. The summed E-state index contributed by atoms with van der Waals surface area (Å²) in [7, 11) is 0. The van der Waals surface area contributed by atoms with Gasteiger partial charge in [0.2, 0.25) is 0 Å². The molecule has 0 radical (unpaired) electrons. The summed E-state index contributed by atoms with van der Waals surface area (Å²) >= 11 is 0. The smallest absolute Gasteiger partial charge is 0.410 e. The fourth-order valence-corrected chi connectivity index (χ4v) is 2.06. The monoisotopic (exact) mass is 228 g/mol. The van der Waals surface area contributed by atoms with Gasteiger partial charge in [-0.05, 0) is 45.6 Å². The van der Waals surface area contributed by atoms with E-state index in [1.54, 1.807) is 0 Å². The van der Waals surface area contributed by atoms with Crippen molar-refractivity contribution in [2.45, 2.75) is 58.1 Å². The number of carbonyl (C=O) groups excluding carboxylic acids is 1. The molecule has 0 spiro atoms. The Labute approximate surface area is 98.1 Å². The molecule has 1 saturated heterocycles. The van der Waals surface area contributed by atoms with E-state index in [2.05, 4.69) is 0 Å². The summed E-state index contributed by atoms with van der Waals surface area (Å²) in [5.41, 5.74) is 5.57. The first-order valence-corrected chi connectivity index (χ1v) is 6.36. The third-order valence-electron chi connectivity index (χ3n) is 3.24. The standard InChI is InChI=1S/C12H24N2O2/c1-3-10(2)16-12(15)14-9-5-4-6-11(14)7-8-13/h10-11H,3-9,13H2,1-2H3. The highest BCUT2D eigenvalue weighted by Crippen LogP contribution is 2.20. The normalized spacial score (nSPS) is 22.9. The zero-order chi connectivity index (χ0) is 12.0. The molecule has 2 unspecified atom stereocenters. The van der Waals surface area contributed by atoms with Crippen LogP contribution in [0.2, 0.25) is 0 Å². The first-order valence-electron chi connectivity index (χ1n) is 6.36. The first kappa shape index (κ1) is 13.3. The summed E-state index contributed by atoms with van der Waals surface area (Å²) in [6.45, 7) is 5.41. The lowest BCUT2D eigenvalue weighted by atomic mass is 10.00. The van der Waals surface area contributed by atoms with Crippen LogP contribution in [0.25, 0.3) is 0 Å². The molecule has 0 saturated carbocycles. The molecule has 4 nitrogen and oxygen atoms in total. The van der Waals surface area contributed by atoms with Crippen LogP contribution in [0.3, 0.4) is 0 Å². The van der Waals surface area contributed by atoms with E-state index in [1.807, 2.05) is 18.7 Å². The topological polar surface area (TPSA) is 55.6 Å². The van der Waals surface area contributed by atoms with Crippen LogP contribution >= 0.6 is 0 Å². The largest absolute Gasteiger partial charge is 0.446 e. The summed E-state index contributed by atoms with van der Waals surface area (Å²) in [6.07, 6.45) is 4.93. The van der Waals surface area contributed by atoms with Crippen molar-refractivity contribution in [3.8, 4) is 0 Å². The Bertz CT molecular complexity index is 219. The molecule has 1 fully saturated rings. The van der Waals surface area contributed by atoms with Crippen LogP contribution < -0.4 is 5.73 Å². The van der Waals surface area contributed by atoms with Gasteiger partial charge in [0.1, 0.15) is 6.10 Å². The molecular weight excluding hydrogens is 204 g/mol. The SMILES string of the molecule is CCC(C)OC(=O)N1CCCCC1CCN. The summed E-state index contributed by atoms with van der Waals surface area (Å²) in [4.78, 5) is 13.8. The highest BCUT2D eigenvalue weighted by Gasteiger charge is 2.27. The number of ether oxygens (including phenoxy) is 1. The van der Waals surface area contributed by atoms with Crippen molar-refractivity contribution >= 4 is 6.09 Å². The van der Waals surface area contributed by atoms with Crippen molar-refractivity contribution in [1.82, 2.24) is 4.90 Å². The summed E-state index contributed by atoms with van der Waals surface area (Å²) in [6, 6.07) is 0.287. The van der Waals surface area contributed by atoms with Gasteiger partial charge in [0.15, 0.2) is 0 Å². The number of hydrogen-bond donors (Lipinski definition) is 1. The lowest BCUT2D eigenvalue weighted by molar-refractivity contribution is 0.0452. The predicted octanol–water partition coefficient (Wildman–Crippen LogP) is 2.12. The highest BCUT2D eigenvalue weighted by atomic mass is 16.6. The fraction of sp³-hybridized carbons (Fsp3) is 0.917. The molecule has 1 heterocycles. The number of amides is 1. The Morgan fingerprint density at radius 1 is 1.56 bits per heavy atom. The Morgan fingerprint density at radius 3 is 2.94 bits per heavy atom. The molecule has 16 heavy (non-hydrogen) atoms. The molecule has 0 aromatic heterocycles. The van der Waals surface area contributed by atoms with Crippen molar-refractivity contribution in [3.05, 3.63) is 0 Å². The van der Waals surface area contributed by atoms with Crippen molar-refractivity contribution in [2.75, 3.05) is 13.1 Å². The van der Waals surface area contributed by atoms with E-state index in [1.165, 1.54) is 6.42 Å². The molecule has 0 aromatic carbocycles. The van der Waals surface area contributed by atoms with Gasteiger partial charge in [-0.2, -0.15) is 0 Å². The van der Waals surface area contributed by atoms with Gasteiger partial charge >= 0.3 is 6.09 Å². The molecule has 0 bridgehead atoms. The molecule has 1 aliphatic rings. The third kappa shape index (κ3) is 3.67. The second-order valence-corrected chi connectivity index (χ2v) is 4.52. The lowest BCUT2D eigenvalue weighted by Crippen LogP contribution is -2.45. The average Bonchev–Trinajstić information content (AvgIpc) is 2.30. The van der Waals surface area contributed by atoms with Crippen LogP contribution in [0, 0.1) is 0 Å². The van der Waals surface area contributed by atoms with Gasteiger partial charge in [-0.1, -0.05) is 6.92 Å². The van der Waals surface area contributed by atoms with Crippen LogP contribution in [0.1, 0.15) is 46.0 Å². The maximum atomic E-state index is 11.9. The minimum absolute atomic E-state index is 0.00736. The van der Waals surface area contributed by atoms with Gasteiger partial charge in [-0.25, -0.2) is 4.79 Å². The number of carbonyl (C=O) groups is 1. The van der Waals surface area contributed by atoms with Gasteiger partial charge in [-0.15, -0.1) is 0 Å². The Morgan fingerprint density at radius 2 is 2.31 bits per heavy atom. The number of nitrogens with zero attached hydrogens (tertiary/aromatic N) is 1. The second kappa shape index (κ2) is 6.74. The fourth-order valence-electron chi connectivity index (χ4n) is 2.06. The van der Waals surface area contributed by atoms with E-state index < -0.39 is 0 Å². The molecule has 1 amide bonds. The van der Waals surface area contributed by atoms with Crippen molar-refractivity contribution in [2.24, 2.45) is 5.73 Å². The molecule has 0 aromatic rings. The number of likely N-dealkylation sites (tertiary alicyclic amines) is 1. The van der Waals surface area contributed by atoms with Gasteiger partial charge < -0.3 is 15.4 Å². The molecule has 94 valence electrons. The number of piperidine rings is 1. The minimum atomic E-state index is -0.160. The van der Waals surface area contributed by atoms with Crippen LogP contribution in [0.4, 0.5) is 4.79 Å². The number of hydrogen-bond acceptors (Lipinski definition) is 3. The summed E-state index contributed by atoms with van der Waals surface area (Å²) in [5.74, 6) is 0. The zero-order valence-electron chi connectivity index (χ0n) is 10.4. The van der Waals surface area contributed by atoms with E-state index in [4.69, 9.17) is 10.5 Å². The zero-order valence-corrected chi connectivity index (χ0v) is 10.4. The first-order chi connectivity index (χ1) is 7.69. The van der Waals surface area contributed by atoms with Crippen molar-refractivity contribution in [1.29, 1.82) is 0 Å². The number of nitrogens with two attached hydrogens (primary N) is 1. The van der Waals surface area contributed by atoms with Crippen molar-refractivity contribution in [3.63, 3.8) is 0 Å². The minimum Gasteiger partial charge on any atom is -0.446 e. The Kier molecular flexibility index (Phi) is 5.60. The predicted molar refractivity (Wildman–Crippen MR) is 64.3 cm³/mol. The van der Waals surface area contributed by atoms with Gasteiger partial charge in [0.25, 0.3) is 0 Å². The summed E-state index contributed by atoms with van der Waals surface area (Å²) in [5, 5.41) is 0. The third-order valence-corrected chi connectivity index (χ3v) is 3.24. The molecule has 4 heteroatoms. The van der Waals surface area contributed by atoms with Crippen LogP contribution in [0.15, 0.2) is 0 Å². The Hall–Kier alpha value is -0.770. The van der Waals surface area contributed by atoms with Crippen LogP contribution in [-0.2, 0) is 4.74 Å². The molecular formula is C12H24N2O2. The maximum absolute atomic E-state index is 11.9. The van der Waals surface area contributed by atoms with E-state index in [0.717, 1.165) is 32.2 Å².